The lowest BCUT2D eigenvalue weighted by Crippen LogP contribution is -2.30. The lowest BCUT2D eigenvalue weighted by molar-refractivity contribution is -0.138. The van der Waals surface area contributed by atoms with E-state index in [4.69, 9.17) is 15.2 Å². The standard InChI is InChI=1S/C26H25F3N4O3S/c27-26(28,29)19-4-2-1-3-17(19)15-36-21-11-22(37-24(21)25(30)34)20-12-32-23-6-5-18(13-33(20)23)35-14-16-7-9-31-10-8-16/h1-6,11-13,16,31H,7-10,14-15H2,(H2,30,34). The second-order valence-electron chi connectivity index (χ2n) is 8.85. The highest BCUT2D eigenvalue weighted by molar-refractivity contribution is 7.17. The van der Waals surface area contributed by atoms with E-state index in [-0.39, 0.29) is 22.8 Å². The molecule has 3 N–H and O–H groups in total. The van der Waals surface area contributed by atoms with Gasteiger partial charge in [-0.05, 0) is 50.0 Å². The Balaban J connectivity index is 1.39. The zero-order valence-electron chi connectivity index (χ0n) is 19.8. The number of imidazole rings is 1. The monoisotopic (exact) mass is 530 g/mol. The summed E-state index contributed by atoms with van der Waals surface area (Å²) in [7, 11) is 0. The van der Waals surface area contributed by atoms with Gasteiger partial charge in [0.1, 0.15) is 28.6 Å². The fraction of sp³-hybridized carbons (Fsp3) is 0.308. The van der Waals surface area contributed by atoms with Crippen molar-refractivity contribution in [2.24, 2.45) is 11.7 Å². The predicted molar refractivity (Wildman–Crippen MR) is 134 cm³/mol. The molecule has 0 unspecified atom stereocenters. The molecule has 1 aliphatic heterocycles. The van der Waals surface area contributed by atoms with E-state index in [1.54, 1.807) is 12.3 Å². The Morgan fingerprint density at radius 1 is 1.16 bits per heavy atom. The van der Waals surface area contributed by atoms with Crippen LogP contribution in [-0.4, -0.2) is 35.0 Å². The highest BCUT2D eigenvalue weighted by Gasteiger charge is 2.33. The predicted octanol–water partition coefficient (Wildman–Crippen LogP) is 5.14. The smallest absolute Gasteiger partial charge is 0.416 e. The van der Waals surface area contributed by atoms with Gasteiger partial charge in [-0.25, -0.2) is 4.98 Å². The largest absolute Gasteiger partial charge is 0.492 e. The summed E-state index contributed by atoms with van der Waals surface area (Å²) in [4.78, 5) is 17.3. The summed E-state index contributed by atoms with van der Waals surface area (Å²) in [6.45, 7) is 2.24. The van der Waals surface area contributed by atoms with Crippen LogP contribution in [0.25, 0.3) is 16.2 Å². The number of nitrogens with two attached hydrogens (primary N) is 1. The fourth-order valence-corrected chi connectivity index (χ4v) is 5.31. The first-order valence-electron chi connectivity index (χ1n) is 11.8. The van der Waals surface area contributed by atoms with Crippen molar-refractivity contribution in [2.45, 2.75) is 25.6 Å². The van der Waals surface area contributed by atoms with Crippen LogP contribution in [0, 0.1) is 5.92 Å². The van der Waals surface area contributed by atoms with E-state index in [0.717, 1.165) is 43.3 Å². The number of carbonyl (C=O) groups excluding carboxylic acids is 1. The third-order valence-corrected chi connectivity index (χ3v) is 7.46. The van der Waals surface area contributed by atoms with Crippen molar-refractivity contribution in [2.75, 3.05) is 19.7 Å². The summed E-state index contributed by atoms with van der Waals surface area (Å²) in [5.41, 5.74) is 6.10. The number of amides is 1. The zero-order valence-corrected chi connectivity index (χ0v) is 20.6. The number of hydrogen-bond donors (Lipinski definition) is 2. The molecule has 0 atom stereocenters. The number of nitrogens with zero attached hydrogens (tertiary/aromatic N) is 2. The Morgan fingerprint density at radius 2 is 1.95 bits per heavy atom. The third kappa shape index (κ3) is 5.57. The van der Waals surface area contributed by atoms with Crippen LogP contribution in [0.15, 0.2) is 54.9 Å². The Kier molecular flexibility index (Phi) is 7.07. The topological polar surface area (TPSA) is 90.9 Å². The zero-order chi connectivity index (χ0) is 26.0. The lowest BCUT2D eigenvalue weighted by atomic mass is 9.99. The van der Waals surface area contributed by atoms with Crippen molar-refractivity contribution in [1.82, 2.24) is 14.7 Å². The van der Waals surface area contributed by atoms with E-state index >= 15 is 0 Å². The first-order chi connectivity index (χ1) is 17.8. The molecular weight excluding hydrogens is 505 g/mol. The van der Waals surface area contributed by atoms with Crippen LogP contribution in [0.4, 0.5) is 13.2 Å². The number of thiophene rings is 1. The normalized spacial score (nSPS) is 14.7. The molecule has 11 heteroatoms. The van der Waals surface area contributed by atoms with Gasteiger partial charge in [-0.3, -0.25) is 9.20 Å². The average Bonchev–Trinajstić information content (AvgIpc) is 3.50. The molecule has 0 spiro atoms. The summed E-state index contributed by atoms with van der Waals surface area (Å²) < 4.78 is 53.7. The highest BCUT2D eigenvalue weighted by Crippen LogP contribution is 2.38. The summed E-state index contributed by atoms with van der Waals surface area (Å²) >= 11 is 1.10. The van der Waals surface area contributed by atoms with Crippen LogP contribution in [0.3, 0.4) is 0 Å². The van der Waals surface area contributed by atoms with Gasteiger partial charge < -0.3 is 20.5 Å². The van der Waals surface area contributed by atoms with Crippen LogP contribution in [-0.2, 0) is 12.8 Å². The van der Waals surface area contributed by atoms with E-state index in [2.05, 4.69) is 10.3 Å². The lowest BCUT2D eigenvalue weighted by Gasteiger charge is -2.22. The van der Waals surface area contributed by atoms with Crippen molar-refractivity contribution in [3.8, 4) is 22.1 Å². The summed E-state index contributed by atoms with van der Waals surface area (Å²) in [6.07, 6.45) is 1.12. The summed E-state index contributed by atoms with van der Waals surface area (Å²) in [5.74, 6) is 0.585. The molecule has 5 rings (SSSR count). The Hall–Kier alpha value is -3.57. The van der Waals surface area contributed by atoms with Crippen LogP contribution in [0.5, 0.6) is 11.5 Å². The number of halogens is 3. The van der Waals surface area contributed by atoms with Crippen molar-refractivity contribution in [3.63, 3.8) is 0 Å². The van der Waals surface area contributed by atoms with E-state index in [1.807, 2.05) is 22.7 Å². The molecule has 0 saturated carbocycles. The maximum atomic E-state index is 13.4. The number of pyridine rings is 1. The van der Waals surface area contributed by atoms with E-state index in [9.17, 15) is 18.0 Å². The minimum Gasteiger partial charge on any atom is -0.492 e. The molecule has 1 saturated heterocycles. The number of aromatic nitrogens is 2. The van der Waals surface area contributed by atoms with Crippen molar-refractivity contribution < 1.29 is 27.4 Å². The summed E-state index contributed by atoms with van der Waals surface area (Å²) in [6, 6.07) is 10.5. The Labute approximate surface area is 215 Å². The molecular formula is C26H25F3N4O3S. The maximum Gasteiger partial charge on any atom is 0.416 e. The van der Waals surface area contributed by atoms with Crippen LogP contribution >= 0.6 is 11.3 Å². The maximum absolute atomic E-state index is 13.4. The quantitative estimate of drug-likeness (QED) is 0.329. The Bertz CT molecular complexity index is 1410. The summed E-state index contributed by atoms with van der Waals surface area (Å²) in [5, 5.41) is 3.34. The number of hydrogen-bond acceptors (Lipinski definition) is 6. The number of rotatable bonds is 8. The van der Waals surface area contributed by atoms with Gasteiger partial charge in [0, 0.05) is 11.6 Å². The third-order valence-electron chi connectivity index (χ3n) is 6.30. The first-order valence-corrected chi connectivity index (χ1v) is 12.6. The first kappa shape index (κ1) is 25.1. The van der Waals surface area contributed by atoms with E-state index in [0.29, 0.717) is 34.5 Å². The number of primary amides is 1. The minimum atomic E-state index is -4.52. The number of fused-ring (bicyclic) bond motifs is 1. The molecule has 1 aliphatic rings. The molecule has 4 heterocycles. The number of piperidine rings is 1. The SMILES string of the molecule is NC(=O)c1sc(-c2cnc3ccc(OCC4CCNCC4)cn23)cc1OCc1ccccc1C(F)(F)F. The van der Waals surface area contributed by atoms with Crippen molar-refractivity contribution in [1.29, 1.82) is 0 Å². The van der Waals surface area contributed by atoms with Gasteiger partial charge in [-0.2, -0.15) is 13.2 Å². The molecule has 1 amide bonds. The molecule has 37 heavy (non-hydrogen) atoms. The van der Waals surface area contributed by atoms with Crippen LogP contribution < -0.4 is 20.5 Å². The van der Waals surface area contributed by atoms with Crippen LogP contribution in [0.1, 0.15) is 33.6 Å². The molecule has 4 aromatic rings. The minimum absolute atomic E-state index is 0.0384. The Morgan fingerprint density at radius 3 is 2.70 bits per heavy atom. The number of ether oxygens (including phenoxy) is 2. The van der Waals surface area contributed by atoms with Gasteiger partial charge in [-0.15, -0.1) is 11.3 Å². The van der Waals surface area contributed by atoms with Crippen molar-refractivity contribution >= 4 is 22.9 Å². The number of carbonyl (C=O) groups is 1. The van der Waals surface area contributed by atoms with E-state index in [1.165, 1.54) is 18.2 Å². The molecule has 1 fully saturated rings. The van der Waals surface area contributed by atoms with Crippen molar-refractivity contribution in [3.05, 3.63) is 70.9 Å². The molecule has 7 nitrogen and oxygen atoms in total. The fourth-order valence-electron chi connectivity index (χ4n) is 4.35. The molecule has 0 aliphatic carbocycles. The number of nitrogens with one attached hydrogen (secondary N) is 1. The van der Waals surface area contributed by atoms with E-state index < -0.39 is 17.6 Å². The number of alkyl halides is 3. The van der Waals surface area contributed by atoms with Gasteiger partial charge >= 0.3 is 6.18 Å². The van der Waals surface area contributed by atoms with Gasteiger partial charge in [0.2, 0.25) is 0 Å². The van der Waals surface area contributed by atoms with Crippen LogP contribution in [0.2, 0.25) is 0 Å². The molecule has 194 valence electrons. The van der Waals surface area contributed by atoms with Gasteiger partial charge in [-0.1, -0.05) is 18.2 Å². The van der Waals surface area contributed by atoms with Gasteiger partial charge in [0.25, 0.3) is 5.91 Å². The molecule has 1 aromatic carbocycles. The highest BCUT2D eigenvalue weighted by atomic mass is 32.1. The van der Waals surface area contributed by atoms with Gasteiger partial charge in [0.15, 0.2) is 0 Å². The second-order valence-corrected chi connectivity index (χ2v) is 9.90. The second kappa shape index (κ2) is 10.4. The average molecular weight is 531 g/mol. The molecule has 0 bridgehead atoms. The van der Waals surface area contributed by atoms with Gasteiger partial charge in [0.05, 0.1) is 35.1 Å². The molecule has 0 radical (unpaired) electrons. The number of benzene rings is 1. The molecule has 3 aromatic heterocycles.